The summed E-state index contributed by atoms with van der Waals surface area (Å²) in [5.74, 6) is 2.88. The SMILES string of the molecule is [CH2-]CCC1CC2C=CC1C2.[CH3-].[CH3-].[Y+3]. The van der Waals surface area contributed by atoms with Gasteiger partial charge in [0.05, 0.1) is 0 Å². The number of fused-ring (bicyclic) bond motifs is 2. The maximum atomic E-state index is 3.91. The van der Waals surface area contributed by atoms with Gasteiger partial charge in [-0.25, -0.2) is 0 Å². The van der Waals surface area contributed by atoms with Crippen LogP contribution in [0.5, 0.6) is 0 Å². The summed E-state index contributed by atoms with van der Waals surface area (Å²) in [6.07, 6.45) is 10.2. The van der Waals surface area contributed by atoms with Crippen LogP contribution in [0.4, 0.5) is 0 Å². The Kier molecular flexibility index (Phi) is 8.99. The first-order valence-corrected chi connectivity index (χ1v) is 4.37. The minimum Gasteiger partial charge on any atom is -0.358 e. The molecule has 3 unspecified atom stereocenters. The molecule has 0 aromatic heterocycles. The Morgan fingerprint density at radius 3 is 2.23 bits per heavy atom. The standard InChI is InChI=1S/C10H15.2CH3.Y/c1-2-3-9-6-8-4-5-10(9)7-8;;;/h4-5,8-10H,1-3,6-7H2;2*1H3;/q3*-1;+3. The van der Waals surface area contributed by atoms with Gasteiger partial charge in [0.2, 0.25) is 0 Å². The third kappa shape index (κ3) is 3.48. The van der Waals surface area contributed by atoms with Gasteiger partial charge in [0.1, 0.15) is 0 Å². The van der Waals surface area contributed by atoms with Crippen molar-refractivity contribution >= 4 is 0 Å². The van der Waals surface area contributed by atoms with Gasteiger partial charge in [0, 0.05) is 0 Å². The molecule has 0 saturated heterocycles. The molecule has 72 valence electrons. The van der Waals surface area contributed by atoms with E-state index in [1.165, 1.54) is 19.3 Å². The van der Waals surface area contributed by atoms with Crippen LogP contribution >= 0.6 is 0 Å². The van der Waals surface area contributed by atoms with Crippen LogP contribution in [-0.4, -0.2) is 0 Å². The summed E-state index contributed by atoms with van der Waals surface area (Å²) in [5, 5.41) is 0. The molecule has 0 aromatic rings. The zero-order chi connectivity index (χ0) is 6.97. The molecule has 3 atom stereocenters. The molecule has 0 aromatic carbocycles. The van der Waals surface area contributed by atoms with Crippen LogP contribution in [0.15, 0.2) is 12.2 Å². The quantitative estimate of drug-likeness (QED) is 0.520. The van der Waals surface area contributed by atoms with E-state index < -0.39 is 0 Å². The number of hydrogen-bond donors (Lipinski definition) is 0. The zero-order valence-corrected chi connectivity index (χ0v) is 11.8. The second kappa shape index (κ2) is 7.18. The predicted molar refractivity (Wildman–Crippen MR) is 56.3 cm³/mol. The van der Waals surface area contributed by atoms with Gasteiger partial charge >= 0.3 is 32.7 Å². The van der Waals surface area contributed by atoms with Crippen LogP contribution < -0.4 is 0 Å². The summed E-state index contributed by atoms with van der Waals surface area (Å²) >= 11 is 0. The molecule has 1 fully saturated rings. The summed E-state index contributed by atoms with van der Waals surface area (Å²) in [5.41, 5.74) is 0. The van der Waals surface area contributed by atoms with Gasteiger partial charge in [-0.05, 0) is 30.6 Å². The Morgan fingerprint density at radius 1 is 1.15 bits per heavy atom. The molecule has 0 spiro atoms. The third-order valence-electron chi connectivity index (χ3n) is 2.99. The number of rotatable bonds is 2. The molecule has 1 saturated carbocycles. The maximum Gasteiger partial charge on any atom is 3.00 e. The molecular weight excluding hydrogens is 233 g/mol. The molecule has 0 radical (unpaired) electrons. The van der Waals surface area contributed by atoms with Crippen molar-refractivity contribution in [2.24, 2.45) is 17.8 Å². The molecular formula is C12H21Y. The molecule has 13 heavy (non-hydrogen) atoms. The van der Waals surface area contributed by atoms with Crippen molar-refractivity contribution in [1.29, 1.82) is 0 Å². The Labute approximate surface area is 109 Å². The van der Waals surface area contributed by atoms with E-state index in [1.807, 2.05) is 0 Å². The van der Waals surface area contributed by atoms with Crippen molar-refractivity contribution in [3.8, 4) is 0 Å². The van der Waals surface area contributed by atoms with Gasteiger partial charge in [0.25, 0.3) is 0 Å². The van der Waals surface area contributed by atoms with Crippen molar-refractivity contribution in [2.45, 2.75) is 25.7 Å². The molecule has 2 aliphatic carbocycles. The topological polar surface area (TPSA) is 0 Å². The zero-order valence-electron chi connectivity index (χ0n) is 9.00. The van der Waals surface area contributed by atoms with Gasteiger partial charge in [-0.3, -0.25) is 0 Å². The Morgan fingerprint density at radius 2 is 1.85 bits per heavy atom. The monoisotopic (exact) mass is 254 g/mol. The minimum absolute atomic E-state index is 0. The average Bonchev–Trinajstić information content (AvgIpc) is 2.48. The number of hydrogen-bond acceptors (Lipinski definition) is 0. The Hall–Kier alpha value is 0.844. The van der Waals surface area contributed by atoms with E-state index in [9.17, 15) is 0 Å². The molecule has 2 rings (SSSR count). The van der Waals surface area contributed by atoms with Crippen LogP contribution in [0.2, 0.25) is 0 Å². The molecule has 1 heteroatoms. The molecule has 0 N–H and O–H groups in total. The van der Waals surface area contributed by atoms with Gasteiger partial charge < -0.3 is 21.8 Å². The average molecular weight is 254 g/mol. The van der Waals surface area contributed by atoms with Crippen LogP contribution in [0.25, 0.3) is 0 Å². The van der Waals surface area contributed by atoms with Gasteiger partial charge in [-0.2, -0.15) is 6.42 Å². The molecule has 0 amide bonds. The van der Waals surface area contributed by atoms with Crippen molar-refractivity contribution in [3.05, 3.63) is 33.9 Å². The third-order valence-corrected chi connectivity index (χ3v) is 2.99. The van der Waals surface area contributed by atoms with Crippen LogP contribution in [-0.2, 0) is 32.7 Å². The normalized spacial score (nSPS) is 33.2. The maximum absolute atomic E-state index is 3.91. The second-order valence-electron chi connectivity index (χ2n) is 3.68. The largest absolute Gasteiger partial charge is 3.00 e. The van der Waals surface area contributed by atoms with Crippen molar-refractivity contribution in [1.82, 2.24) is 0 Å². The molecule has 0 heterocycles. The second-order valence-corrected chi connectivity index (χ2v) is 3.68. The molecule has 2 aliphatic rings. The Bertz CT molecular complexity index is 151. The number of allylic oxidation sites excluding steroid dienone is 2. The summed E-state index contributed by atoms with van der Waals surface area (Å²) in [6.45, 7) is 3.91. The van der Waals surface area contributed by atoms with Crippen molar-refractivity contribution in [2.75, 3.05) is 0 Å². The van der Waals surface area contributed by atoms with Gasteiger partial charge in [-0.15, -0.1) is 0 Å². The van der Waals surface area contributed by atoms with E-state index >= 15 is 0 Å². The van der Waals surface area contributed by atoms with E-state index in [0.29, 0.717) is 0 Å². The fourth-order valence-corrected chi connectivity index (χ4v) is 2.49. The summed E-state index contributed by atoms with van der Waals surface area (Å²) in [7, 11) is 0. The van der Waals surface area contributed by atoms with E-state index in [4.69, 9.17) is 0 Å². The van der Waals surface area contributed by atoms with E-state index in [1.54, 1.807) is 0 Å². The molecule has 0 nitrogen and oxygen atoms in total. The fraction of sp³-hybridized carbons (Fsp3) is 0.583. The van der Waals surface area contributed by atoms with Gasteiger partial charge in [-0.1, -0.05) is 18.6 Å². The summed E-state index contributed by atoms with van der Waals surface area (Å²) in [6, 6.07) is 0. The summed E-state index contributed by atoms with van der Waals surface area (Å²) in [4.78, 5) is 0. The minimum atomic E-state index is 0. The van der Waals surface area contributed by atoms with Crippen LogP contribution in [0, 0.1) is 39.5 Å². The van der Waals surface area contributed by atoms with E-state index in [-0.39, 0.29) is 47.6 Å². The first kappa shape index (κ1) is 16.3. The fourth-order valence-electron chi connectivity index (χ4n) is 2.49. The van der Waals surface area contributed by atoms with Crippen molar-refractivity contribution in [3.63, 3.8) is 0 Å². The first-order valence-electron chi connectivity index (χ1n) is 4.37. The van der Waals surface area contributed by atoms with E-state index in [2.05, 4.69) is 19.1 Å². The van der Waals surface area contributed by atoms with Gasteiger partial charge in [0.15, 0.2) is 0 Å². The molecule has 2 bridgehead atoms. The van der Waals surface area contributed by atoms with E-state index in [0.717, 1.165) is 24.2 Å². The van der Waals surface area contributed by atoms with Crippen LogP contribution in [0.1, 0.15) is 25.7 Å². The van der Waals surface area contributed by atoms with Crippen molar-refractivity contribution < 1.29 is 32.7 Å². The van der Waals surface area contributed by atoms with Crippen LogP contribution in [0.3, 0.4) is 0 Å². The first-order chi connectivity index (χ1) is 4.90. The Balaban J connectivity index is 0. The predicted octanol–water partition coefficient (Wildman–Crippen LogP) is 3.71. The smallest absolute Gasteiger partial charge is 0.358 e. The molecule has 0 aliphatic heterocycles. The summed E-state index contributed by atoms with van der Waals surface area (Å²) < 4.78 is 0.